The van der Waals surface area contributed by atoms with Gasteiger partial charge >= 0.3 is 6.09 Å². The fourth-order valence-corrected chi connectivity index (χ4v) is 2.99. The molecule has 0 saturated carbocycles. The van der Waals surface area contributed by atoms with Gasteiger partial charge in [-0.3, -0.25) is 4.68 Å². The van der Waals surface area contributed by atoms with E-state index in [1.165, 1.54) is 0 Å². The quantitative estimate of drug-likeness (QED) is 0.831. The van der Waals surface area contributed by atoms with Crippen molar-refractivity contribution in [2.75, 3.05) is 30.3 Å². The first kappa shape index (κ1) is 17.2. The number of amides is 1. The summed E-state index contributed by atoms with van der Waals surface area (Å²) in [5.41, 5.74) is 6.79. The molecule has 0 spiro atoms. The first-order valence-electron chi connectivity index (χ1n) is 8.35. The van der Waals surface area contributed by atoms with E-state index in [2.05, 4.69) is 20.0 Å². The van der Waals surface area contributed by atoms with Gasteiger partial charge in [0.05, 0.1) is 6.20 Å². The van der Waals surface area contributed by atoms with Crippen LogP contribution >= 0.6 is 0 Å². The topological polar surface area (TPSA) is 102 Å². The predicted octanol–water partition coefficient (Wildman–Crippen LogP) is 1.39. The molecule has 1 amide bonds. The Kier molecular flexibility index (Phi) is 4.18. The molecule has 1 fully saturated rings. The number of aryl methyl sites for hydroxylation is 1. The number of carbonyl (C=O) groups is 1. The molecular weight excluding hydrogens is 322 g/mol. The highest BCUT2D eigenvalue weighted by atomic mass is 16.6. The minimum atomic E-state index is -0.501. The molecule has 1 aliphatic rings. The summed E-state index contributed by atoms with van der Waals surface area (Å²) in [5, 5.41) is 4.46. The van der Waals surface area contributed by atoms with Gasteiger partial charge in [0.1, 0.15) is 11.1 Å². The summed E-state index contributed by atoms with van der Waals surface area (Å²) in [4.78, 5) is 24.8. The number of carbonyl (C=O) groups excluding carboxylic acids is 1. The highest BCUT2D eigenvalue weighted by Gasteiger charge is 2.31. The van der Waals surface area contributed by atoms with Crippen LogP contribution < -0.4 is 10.6 Å². The second-order valence-corrected chi connectivity index (χ2v) is 7.41. The van der Waals surface area contributed by atoms with Crippen molar-refractivity contribution in [1.82, 2.24) is 24.6 Å². The monoisotopic (exact) mass is 347 g/mol. The van der Waals surface area contributed by atoms with Gasteiger partial charge in [-0.1, -0.05) is 0 Å². The van der Waals surface area contributed by atoms with Gasteiger partial charge in [0.15, 0.2) is 11.3 Å². The van der Waals surface area contributed by atoms with Crippen LogP contribution in [0.25, 0.3) is 11.0 Å². The number of hydrogen-bond donors (Lipinski definition) is 1. The largest absolute Gasteiger partial charge is 0.444 e. The third-order valence-electron chi connectivity index (χ3n) is 4.03. The molecule has 0 aliphatic carbocycles. The number of nitrogen functional groups attached to an aromatic ring is 1. The van der Waals surface area contributed by atoms with Gasteiger partial charge in [0.25, 0.3) is 0 Å². The first-order valence-corrected chi connectivity index (χ1v) is 8.35. The smallest absolute Gasteiger partial charge is 0.410 e. The summed E-state index contributed by atoms with van der Waals surface area (Å²) >= 11 is 0. The highest BCUT2D eigenvalue weighted by molar-refractivity contribution is 5.86. The zero-order chi connectivity index (χ0) is 18.4. The second kappa shape index (κ2) is 6.05. The molecule has 2 aromatic heterocycles. The van der Waals surface area contributed by atoms with E-state index in [0.29, 0.717) is 36.5 Å². The van der Waals surface area contributed by atoms with Crippen molar-refractivity contribution in [3.63, 3.8) is 0 Å². The number of ether oxygens (including phenoxy) is 1. The number of hydrogen-bond acceptors (Lipinski definition) is 7. The maximum atomic E-state index is 12.3. The molecule has 3 heterocycles. The molecule has 0 unspecified atom stereocenters. The molecule has 25 heavy (non-hydrogen) atoms. The highest BCUT2D eigenvalue weighted by Crippen LogP contribution is 2.27. The minimum absolute atomic E-state index is 0.0563. The maximum Gasteiger partial charge on any atom is 0.410 e. The number of anilines is 2. The zero-order valence-electron chi connectivity index (χ0n) is 15.4. The van der Waals surface area contributed by atoms with Crippen LogP contribution in [-0.4, -0.2) is 62.0 Å². The number of aromatic nitrogens is 4. The van der Waals surface area contributed by atoms with Crippen LogP contribution in [0.3, 0.4) is 0 Å². The van der Waals surface area contributed by atoms with E-state index in [0.717, 1.165) is 0 Å². The van der Waals surface area contributed by atoms with E-state index in [4.69, 9.17) is 10.5 Å². The van der Waals surface area contributed by atoms with E-state index in [1.807, 2.05) is 40.9 Å². The molecule has 1 atom stereocenters. The van der Waals surface area contributed by atoms with Gasteiger partial charge in [-0.25, -0.2) is 9.78 Å². The summed E-state index contributed by atoms with van der Waals surface area (Å²) in [5.74, 6) is 0.928. The van der Waals surface area contributed by atoms with Crippen molar-refractivity contribution in [3.05, 3.63) is 6.20 Å². The molecule has 1 saturated heterocycles. The minimum Gasteiger partial charge on any atom is -0.444 e. The summed E-state index contributed by atoms with van der Waals surface area (Å²) in [6.45, 7) is 9.38. The lowest BCUT2D eigenvalue weighted by atomic mass is 10.2. The molecule has 3 rings (SSSR count). The zero-order valence-corrected chi connectivity index (χ0v) is 15.4. The van der Waals surface area contributed by atoms with Crippen molar-refractivity contribution >= 4 is 28.9 Å². The van der Waals surface area contributed by atoms with Crippen LogP contribution in [0.4, 0.5) is 16.6 Å². The van der Waals surface area contributed by atoms with E-state index in [-0.39, 0.29) is 18.1 Å². The summed E-state index contributed by atoms with van der Waals surface area (Å²) < 4.78 is 7.16. The van der Waals surface area contributed by atoms with E-state index < -0.39 is 5.60 Å². The third kappa shape index (κ3) is 3.59. The average Bonchev–Trinajstić information content (AvgIpc) is 2.84. The number of nitrogens with two attached hydrogens (primary N) is 1. The first-order chi connectivity index (χ1) is 11.6. The predicted molar refractivity (Wildman–Crippen MR) is 95.3 cm³/mol. The molecule has 9 nitrogen and oxygen atoms in total. The Balaban J connectivity index is 1.82. The Labute approximate surface area is 146 Å². The number of fused-ring (bicyclic) bond motifs is 1. The Morgan fingerprint density at radius 1 is 1.32 bits per heavy atom. The van der Waals surface area contributed by atoms with Crippen molar-refractivity contribution in [3.8, 4) is 0 Å². The van der Waals surface area contributed by atoms with Crippen LogP contribution in [0.2, 0.25) is 0 Å². The van der Waals surface area contributed by atoms with Crippen LogP contribution in [-0.2, 0) is 11.8 Å². The fourth-order valence-electron chi connectivity index (χ4n) is 2.99. The second-order valence-electron chi connectivity index (χ2n) is 7.41. The standard InChI is InChI=1S/C16H25N7O2/c1-10-8-22(15(24)25-16(2,3)4)6-7-23(10)13-12-11(9-21(5)20-12)18-14(17)19-13/h9-10H,6-8H2,1-5H3,(H2,17,18)/t10-/m0/s1. The number of rotatable bonds is 1. The lowest BCUT2D eigenvalue weighted by molar-refractivity contribution is 0.0218. The normalized spacial score (nSPS) is 18.7. The maximum absolute atomic E-state index is 12.3. The molecule has 136 valence electrons. The van der Waals surface area contributed by atoms with E-state index in [9.17, 15) is 4.79 Å². The molecule has 0 aromatic carbocycles. The number of piperazine rings is 1. The molecule has 0 bridgehead atoms. The van der Waals surface area contributed by atoms with Crippen LogP contribution in [0, 0.1) is 0 Å². The lowest BCUT2D eigenvalue weighted by Crippen LogP contribution is -2.55. The van der Waals surface area contributed by atoms with Gasteiger partial charge in [-0.15, -0.1) is 0 Å². The van der Waals surface area contributed by atoms with Crippen LogP contribution in [0.15, 0.2) is 6.20 Å². The van der Waals surface area contributed by atoms with Crippen molar-refractivity contribution < 1.29 is 9.53 Å². The molecule has 1 aliphatic heterocycles. The lowest BCUT2D eigenvalue weighted by Gasteiger charge is -2.40. The summed E-state index contributed by atoms with van der Waals surface area (Å²) in [6.07, 6.45) is 1.53. The van der Waals surface area contributed by atoms with Crippen molar-refractivity contribution in [2.45, 2.75) is 39.3 Å². The van der Waals surface area contributed by atoms with Crippen LogP contribution in [0.1, 0.15) is 27.7 Å². The van der Waals surface area contributed by atoms with Crippen molar-refractivity contribution in [2.24, 2.45) is 7.05 Å². The van der Waals surface area contributed by atoms with E-state index >= 15 is 0 Å². The number of nitrogens with zero attached hydrogens (tertiary/aromatic N) is 6. The Hall–Kier alpha value is -2.58. The molecule has 2 N–H and O–H groups in total. The van der Waals surface area contributed by atoms with Gasteiger partial charge in [-0.2, -0.15) is 10.1 Å². The van der Waals surface area contributed by atoms with Gasteiger partial charge in [0.2, 0.25) is 5.95 Å². The Morgan fingerprint density at radius 2 is 2.04 bits per heavy atom. The van der Waals surface area contributed by atoms with Gasteiger partial charge in [0, 0.05) is 32.7 Å². The molecule has 2 aromatic rings. The SMILES string of the molecule is C[C@H]1CN(C(=O)OC(C)(C)C)CCN1c1nc(N)nc2cn(C)nc12. The summed E-state index contributed by atoms with van der Waals surface area (Å²) in [7, 11) is 1.84. The molecule has 0 radical (unpaired) electrons. The fraction of sp³-hybridized carbons (Fsp3) is 0.625. The summed E-state index contributed by atoms with van der Waals surface area (Å²) in [6, 6.07) is 0.0563. The third-order valence-corrected chi connectivity index (χ3v) is 4.03. The molecule has 9 heteroatoms. The van der Waals surface area contributed by atoms with Gasteiger partial charge < -0.3 is 20.3 Å². The Bertz CT molecular complexity index is 796. The van der Waals surface area contributed by atoms with Gasteiger partial charge in [-0.05, 0) is 27.7 Å². The van der Waals surface area contributed by atoms with Crippen molar-refractivity contribution in [1.29, 1.82) is 0 Å². The van der Waals surface area contributed by atoms with Crippen LogP contribution in [0.5, 0.6) is 0 Å². The average molecular weight is 347 g/mol. The molecular formula is C16H25N7O2. The Morgan fingerprint density at radius 3 is 2.68 bits per heavy atom. The van der Waals surface area contributed by atoms with E-state index in [1.54, 1.807) is 9.58 Å².